The van der Waals surface area contributed by atoms with Crippen LogP contribution in [-0.2, 0) is 4.79 Å². The number of piperazine rings is 1. The third-order valence-corrected chi connectivity index (χ3v) is 4.59. The summed E-state index contributed by atoms with van der Waals surface area (Å²) in [5.74, 6) is -0.706. The van der Waals surface area contributed by atoms with Crippen LogP contribution in [0, 0.1) is 5.41 Å². The predicted molar refractivity (Wildman–Crippen MR) is 71.7 cm³/mol. The van der Waals surface area contributed by atoms with Crippen molar-refractivity contribution in [2.75, 3.05) is 32.7 Å². The van der Waals surface area contributed by atoms with Gasteiger partial charge < -0.3 is 5.11 Å². The SMILES string of the molecule is CC1(C)CCC(N2CCN(CC(=O)O)CC2)CC1. The Balaban J connectivity index is 1.75. The summed E-state index contributed by atoms with van der Waals surface area (Å²) in [6.07, 6.45) is 5.28. The summed E-state index contributed by atoms with van der Waals surface area (Å²) in [7, 11) is 0. The molecule has 1 saturated carbocycles. The zero-order valence-electron chi connectivity index (χ0n) is 11.7. The molecule has 0 aromatic carbocycles. The van der Waals surface area contributed by atoms with Gasteiger partial charge >= 0.3 is 5.97 Å². The normalized spacial score (nSPS) is 27.2. The van der Waals surface area contributed by atoms with Crippen molar-refractivity contribution in [1.82, 2.24) is 9.80 Å². The smallest absolute Gasteiger partial charge is 0.317 e. The molecule has 1 aliphatic heterocycles. The molecule has 1 heterocycles. The van der Waals surface area contributed by atoms with Gasteiger partial charge in [0.05, 0.1) is 6.54 Å². The summed E-state index contributed by atoms with van der Waals surface area (Å²) in [5.41, 5.74) is 0.529. The summed E-state index contributed by atoms with van der Waals surface area (Å²) in [6.45, 7) is 8.84. The number of hydrogen-bond donors (Lipinski definition) is 1. The fraction of sp³-hybridized carbons (Fsp3) is 0.929. The maximum Gasteiger partial charge on any atom is 0.317 e. The van der Waals surface area contributed by atoms with Crippen molar-refractivity contribution in [3.05, 3.63) is 0 Å². The molecule has 2 rings (SSSR count). The highest BCUT2D eigenvalue weighted by Crippen LogP contribution is 2.37. The van der Waals surface area contributed by atoms with Crippen molar-refractivity contribution in [2.24, 2.45) is 5.41 Å². The molecule has 104 valence electrons. The fourth-order valence-corrected chi connectivity index (χ4v) is 3.23. The molecule has 0 unspecified atom stereocenters. The molecule has 0 atom stereocenters. The van der Waals surface area contributed by atoms with E-state index in [0.29, 0.717) is 5.41 Å². The van der Waals surface area contributed by atoms with Gasteiger partial charge in [-0.2, -0.15) is 0 Å². The Morgan fingerprint density at radius 2 is 1.72 bits per heavy atom. The highest BCUT2D eigenvalue weighted by Gasteiger charge is 2.31. The van der Waals surface area contributed by atoms with Crippen LogP contribution in [0.15, 0.2) is 0 Å². The van der Waals surface area contributed by atoms with Crippen LogP contribution in [0.3, 0.4) is 0 Å². The number of carbonyl (C=O) groups is 1. The van der Waals surface area contributed by atoms with Crippen LogP contribution < -0.4 is 0 Å². The van der Waals surface area contributed by atoms with E-state index in [4.69, 9.17) is 5.11 Å². The van der Waals surface area contributed by atoms with Gasteiger partial charge in [0, 0.05) is 32.2 Å². The topological polar surface area (TPSA) is 43.8 Å². The summed E-state index contributed by atoms with van der Waals surface area (Å²) in [4.78, 5) is 15.3. The summed E-state index contributed by atoms with van der Waals surface area (Å²) >= 11 is 0. The maximum absolute atomic E-state index is 10.7. The van der Waals surface area contributed by atoms with Crippen LogP contribution in [0.1, 0.15) is 39.5 Å². The van der Waals surface area contributed by atoms with Crippen LogP contribution in [-0.4, -0.2) is 59.6 Å². The third kappa shape index (κ3) is 3.69. The van der Waals surface area contributed by atoms with Gasteiger partial charge in [0.2, 0.25) is 0 Å². The van der Waals surface area contributed by atoms with E-state index in [0.717, 1.165) is 32.2 Å². The maximum atomic E-state index is 10.7. The van der Waals surface area contributed by atoms with Crippen LogP contribution in [0.2, 0.25) is 0 Å². The highest BCUT2D eigenvalue weighted by molar-refractivity contribution is 5.69. The number of carboxylic acid groups (broad SMARTS) is 1. The van der Waals surface area contributed by atoms with Gasteiger partial charge in [-0.3, -0.25) is 14.6 Å². The number of aliphatic carboxylic acids is 1. The average Bonchev–Trinajstić information content (AvgIpc) is 2.30. The quantitative estimate of drug-likeness (QED) is 0.832. The lowest BCUT2D eigenvalue weighted by molar-refractivity contribution is -0.138. The van der Waals surface area contributed by atoms with Gasteiger partial charge in [-0.1, -0.05) is 13.8 Å². The van der Waals surface area contributed by atoms with Gasteiger partial charge in [0.1, 0.15) is 0 Å². The van der Waals surface area contributed by atoms with Gasteiger partial charge in [-0.25, -0.2) is 0 Å². The van der Waals surface area contributed by atoms with Crippen LogP contribution in [0.25, 0.3) is 0 Å². The van der Waals surface area contributed by atoms with Crippen molar-refractivity contribution < 1.29 is 9.90 Å². The Morgan fingerprint density at radius 3 is 2.22 bits per heavy atom. The van der Waals surface area contributed by atoms with E-state index in [1.54, 1.807) is 0 Å². The van der Waals surface area contributed by atoms with Gasteiger partial charge in [0.25, 0.3) is 0 Å². The van der Waals surface area contributed by atoms with Gasteiger partial charge in [-0.05, 0) is 31.1 Å². The average molecular weight is 254 g/mol. The van der Waals surface area contributed by atoms with E-state index in [2.05, 4.69) is 18.7 Å². The predicted octanol–water partition coefficient (Wildman–Crippen LogP) is 1.66. The molecular formula is C14H26N2O2. The molecule has 0 bridgehead atoms. The van der Waals surface area contributed by atoms with E-state index >= 15 is 0 Å². The minimum absolute atomic E-state index is 0.200. The molecule has 18 heavy (non-hydrogen) atoms. The third-order valence-electron chi connectivity index (χ3n) is 4.59. The highest BCUT2D eigenvalue weighted by atomic mass is 16.4. The fourth-order valence-electron chi connectivity index (χ4n) is 3.23. The second-order valence-corrected chi connectivity index (χ2v) is 6.60. The second-order valence-electron chi connectivity index (χ2n) is 6.60. The lowest BCUT2D eigenvalue weighted by Crippen LogP contribution is -2.52. The van der Waals surface area contributed by atoms with Gasteiger partial charge in [0.15, 0.2) is 0 Å². The Hall–Kier alpha value is -0.610. The molecule has 0 amide bonds. The van der Waals surface area contributed by atoms with Crippen molar-refractivity contribution in [2.45, 2.75) is 45.6 Å². The number of nitrogens with zero attached hydrogens (tertiary/aromatic N) is 2. The van der Waals surface area contributed by atoms with E-state index in [1.165, 1.54) is 25.7 Å². The minimum atomic E-state index is -0.706. The first-order valence-corrected chi connectivity index (χ1v) is 7.14. The van der Waals surface area contributed by atoms with Crippen molar-refractivity contribution in [3.63, 3.8) is 0 Å². The first-order valence-electron chi connectivity index (χ1n) is 7.14. The molecule has 0 spiro atoms. The molecule has 2 aliphatic rings. The molecular weight excluding hydrogens is 228 g/mol. The molecule has 1 aliphatic carbocycles. The molecule has 2 fully saturated rings. The Bertz CT molecular complexity index is 286. The number of carboxylic acids is 1. The van der Waals surface area contributed by atoms with Gasteiger partial charge in [-0.15, -0.1) is 0 Å². The zero-order valence-corrected chi connectivity index (χ0v) is 11.7. The molecule has 0 radical (unpaired) electrons. The van der Waals surface area contributed by atoms with E-state index in [9.17, 15) is 4.79 Å². The zero-order chi connectivity index (χ0) is 13.2. The second kappa shape index (κ2) is 5.57. The Morgan fingerprint density at radius 1 is 1.17 bits per heavy atom. The van der Waals surface area contributed by atoms with Crippen molar-refractivity contribution in [3.8, 4) is 0 Å². The first-order chi connectivity index (χ1) is 8.46. The number of hydrogen-bond acceptors (Lipinski definition) is 3. The van der Waals surface area contributed by atoms with Crippen LogP contribution in [0.4, 0.5) is 0 Å². The molecule has 1 N–H and O–H groups in total. The standard InChI is InChI=1S/C14H26N2O2/c1-14(2)5-3-12(4-6-14)16-9-7-15(8-10-16)11-13(17)18/h12H,3-11H2,1-2H3,(H,17,18). The Kier molecular flexibility index (Phi) is 4.28. The van der Waals surface area contributed by atoms with Crippen molar-refractivity contribution in [1.29, 1.82) is 0 Å². The minimum Gasteiger partial charge on any atom is -0.480 e. The largest absolute Gasteiger partial charge is 0.480 e. The first kappa shape index (κ1) is 13.8. The monoisotopic (exact) mass is 254 g/mol. The molecule has 1 saturated heterocycles. The number of rotatable bonds is 3. The molecule has 0 aromatic heterocycles. The molecule has 4 heteroatoms. The summed E-state index contributed by atoms with van der Waals surface area (Å²) in [5, 5.41) is 8.78. The van der Waals surface area contributed by atoms with Crippen molar-refractivity contribution >= 4 is 5.97 Å². The lowest BCUT2D eigenvalue weighted by atomic mass is 9.75. The molecule has 4 nitrogen and oxygen atoms in total. The van der Waals surface area contributed by atoms with E-state index < -0.39 is 5.97 Å². The van der Waals surface area contributed by atoms with E-state index in [1.807, 2.05) is 4.90 Å². The summed E-state index contributed by atoms with van der Waals surface area (Å²) in [6, 6.07) is 0.741. The molecule has 0 aromatic rings. The Labute approximate surface area is 110 Å². The summed E-state index contributed by atoms with van der Waals surface area (Å²) < 4.78 is 0. The van der Waals surface area contributed by atoms with Crippen LogP contribution in [0.5, 0.6) is 0 Å². The lowest BCUT2D eigenvalue weighted by Gasteiger charge is -2.43. The van der Waals surface area contributed by atoms with E-state index in [-0.39, 0.29) is 6.54 Å². The van der Waals surface area contributed by atoms with Crippen LogP contribution >= 0.6 is 0 Å².